The fourth-order valence-corrected chi connectivity index (χ4v) is 2.05. The van der Waals surface area contributed by atoms with Crippen LogP contribution in [0.25, 0.3) is 0 Å². The predicted octanol–water partition coefficient (Wildman–Crippen LogP) is 2.11. The largest absolute Gasteiger partial charge is 0.481 e. The van der Waals surface area contributed by atoms with E-state index in [1.54, 1.807) is 29.9 Å². The van der Waals surface area contributed by atoms with Gasteiger partial charge in [-0.15, -0.1) is 0 Å². The number of halogens is 1. The fourth-order valence-electron chi connectivity index (χ4n) is 2.05. The lowest BCUT2D eigenvalue weighted by Crippen LogP contribution is -2.31. The van der Waals surface area contributed by atoms with E-state index in [1.165, 1.54) is 24.3 Å². The Morgan fingerprint density at radius 3 is 2.48 bits per heavy atom. The second-order valence-corrected chi connectivity index (χ2v) is 4.68. The van der Waals surface area contributed by atoms with Crippen LogP contribution in [-0.2, 0) is 11.8 Å². The smallest absolute Gasteiger partial charge is 0.305 e. The summed E-state index contributed by atoms with van der Waals surface area (Å²) in [6, 6.07) is 8.04. The summed E-state index contributed by atoms with van der Waals surface area (Å²) in [4.78, 5) is 23.1. The van der Waals surface area contributed by atoms with Crippen LogP contribution in [0.15, 0.2) is 42.6 Å². The molecule has 2 N–H and O–H groups in total. The van der Waals surface area contributed by atoms with E-state index < -0.39 is 17.8 Å². The van der Waals surface area contributed by atoms with Crippen molar-refractivity contribution in [2.75, 3.05) is 0 Å². The van der Waals surface area contributed by atoms with Crippen LogP contribution >= 0.6 is 0 Å². The molecular formula is C15H15FN2O3. The molecule has 0 spiro atoms. The molecule has 1 unspecified atom stereocenters. The number of carbonyl (C=O) groups excluding carboxylic acids is 1. The maximum Gasteiger partial charge on any atom is 0.305 e. The van der Waals surface area contributed by atoms with Gasteiger partial charge in [-0.25, -0.2) is 4.39 Å². The summed E-state index contributed by atoms with van der Waals surface area (Å²) in [6.07, 6.45) is 1.45. The zero-order valence-corrected chi connectivity index (χ0v) is 11.4. The van der Waals surface area contributed by atoms with Crippen LogP contribution in [0.5, 0.6) is 0 Å². The van der Waals surface area contributed by atoms with Crippen molar-refractivity contribution < 1.29 is 19.1 Å². The van der Waals surface area contributed by atoms with E-state index in [1.807, 2.05) is 0 Å². The monoisotopic (exact) mass is 290 g/mol. The molecule has 1 amide bonds. The highest BCUT2D eigenvalue weighted by atomic mass is 19.1. The van der Waals surface area contributed by atoms with Gasteiger partial charge < -0.3 is 15.0 Å². The molecule has 0 radical (unpaired) electrons. The molecule has 1 aromatic heterocycles. The van der Waals surface area contributed by atoms with Gasteiger partial charge in [-0.3, -0.25) is 9.59 Å². The van der Waals surface area contributed by atoms with Gasteiger partial charge in [0.05, 0.1) is 12.5 Å². The quantitative estimate of drug-likeness (QED) is 0.886. The van der Waals surface area contributed by atoms with E-state index in [4.69, 9.17) is 5.11 Å². The van der Waals surface area contributed by atoms with Gasteiger partial charge in [0.1, 0.15) is 11.5 Å². The Labute approximate surface area is 121 Å². The van der Waals surface area contributed by atoms with Crippen molar-refractivity contribution in [3.05, 3.63) is 59.7 Å². The molecule has 1 heterocycles. The van der Waals surface area contributed by atoms with Gasteiger partial charge in [-0.2, -0.15) is 0 Å². The number of rotatable bonds is 5. The van der Waals surface area contributed by atoms with Crippen molar-refractivity contribution in [3.63, 3.8) is 0 Å². The number of hydrogen-bond acceptors (Lipinski definition) is 2. The second-order valence-electron chi connectivity index (χ2n) is 4.68. The highest BCUT2D eigenvalue weighted by Crippen LogP contribution is 2.18. The number of aryl methyl sites for hydroxylation is 1. The molecule has 0 saturated heterocycles. The Balaban J connectivity index is 2.20. The van der Waals surface area contributed by atoms with Crippen molar-refractivity contribution in [3.8, 4) is 0 Å². The van der Waals surface area contributed by atoms with Crippen LogP contribution in [0.4, 0.5) is 4.39 Å². The maximum atomic E-state index is 12.9. The molecule has 0 aliphatic carbocycles. The van der Waals surface area contributed by atoms with Crippen LogP contribution in [0.2, 0.25) is 0 Å². The third kappa shape index (κ3) is 3.68. The van der Waals surface area contributed by atoms with Crippen molar-refractivity contribution in [2.45, 2.75) is 12.5 Å². The molecule has 1 aromatic carbocycles. The normalized spacial score (nSPS) is 11.9. The van der Waals surface area contributed by atoms with Crippen molar-refractivity contribution in [2.24, 2.45) is 7.05 Å². The molecule has 110 valence electrons. The van der Waals surface area contributed by atoms with Gasteiger partial charge in [0, 0.05) is 13.2 Å². The molecule has 21 heavy (non-hydrogen) atoms. The third-order valence-corrected chi connectivity index (χ3v) is 3.13. The molecule has 2 rings (SSSR count). The number of carboxylic acid groups (broad SMARTS) is 1. The standard InChI is InChI=1S/C15H15FN2O3/c1-18-8-2-3-13(18)15(21)17-12(9-14(19)20)10-4-6-11(16)7-5-10/h2-8,12H,9H2,1H3,(H,17,21)(H,19,20). The topological polar surface area (TPSA) is 71.3 Å². The molecule has 6 heteroatoms. The van der Waals surface area contributed by atoms with Gasteiger partial charge in [-0.1, -0.05) is 12.1 Å². The number of aromatic nitrogens is 1. The van der Waals surface area contributed by atoms with E-state index in [2.05, 4.69) is 5.32 Å². The lowest BCUT2D eigenvalue weighted by Gasteiger charge is -2.17. The van der Waals surface area contributed by atoms with E-state index in [-0.39, 0.29) is 12.3 Å². The Morgan fingerprint density at radius 1 is 1.29 bits per heavy atom. The summed E-state index contributed by atoms with van der Waals surface area (Å²) in [5.74, 6) is -1.84. The number of nitrogens with zero attached hydrogens (tertiary/aromatic N) is 1. The first kappa shape index (κ1) is 14.8. The molecule has 1 atom stereocenters. The van der Waals surface area contributed by atoms with Crippen LogP contribution in [0.1, 0.15) is 28.5 Å². The van der Waals surface area contributed by atoms with Crippen LogP contribution in [0.3, 0.4) is 0 Å². The maximum absolute atomic E-state index is 12.9. The van der Waals surface area contributed by atoms with Gasteiger partial charge >= 0.3 is 5.97 Å². The van der Waals surface area contributed by atoms with Crippen LogP contribution < -0.4 is 5.32 Å². The Morgan fingerprint density at radius 2 is 1.95 bits per heavy atom. The number of amides is 1. The summed E-state index contributed by atoms with van der Waals surface area (Å²) >= 11 is 0. The predicted molar refractivity (Wildman–Crippen MR) is 74.3 cm³/mol. The second kappa shape index (κ2) is 6.21. The number of hydrogen-bond donors (Lipinski definition) is 2. The van der Waals surface area contributed by atoms with Crippen LogP contribution in [-0.4, -0.2) is 21.6 Å². The minimum absolute atomic E-state index is 0.276. The number of benzene rings is 1. The molecule has 5 nitrogen and oxygen atoms in total. The van der Waals surface area contributed by atoms with Gasteiger partial charge in [-0.05, 0) is 29.8 Å². The van der Waals surface area contributed by atoms with Gasteiger partial charge in [0.15, 0.2) is 0 Å². The summed E-state index contributed by atoms with van der Waals surface area (Å²) in [7, 11) is 1.72. The summed E-state index contributed by atoms with van der Waals surface area (Å²) in [5.41, 5.74) is 0.967. The van der Waals surface area contributed by atoms with Crippen molar-refractivity contribution in [1.29, 1.82) is 0 Å². The SMILES string of the molecule is Cn1cccc1C(=O)NC(CC(=O)O)c1ccc(F)cc1. The molecule has 2 aromatic rings. The first-order valence-electron chi connectivity index (χ1n) is 6.37. The Kier molecular flexibility index (Phi) is 4.37. The van der Waals surface area contributed by atoms with Gasteiger partial charge in [0.2, 0.25) is 0 Å². The fraction of sp³-hybridized carbons (Fsp3) is 0.200. The zero-order chi connectivity index (χ0) is 15.4. The first-order valence-corrected chi connectivity index (χ1v) is 6.37. The summed E-state index contributed by atoms with van der Waals surface area (Å²) < 4.78 is 14.6. The Hall–Kier alpha value is -2.63. The lowest BCUT2D eigenvalue weighted by atomic mass is 10.0. The molecular weight excluding hydrogens is 275 g/mol. The van der Waals surface area contributed by atoms with E-state index in [0.29, 0.717) is 11.3 Å². The van der Waals surface area contributed by atoms with Crippen molar-refractivity contribution >= 4 is 11.9 Å². The lowest BCUT2D eigenvalue weighted by molar-refractivity contribution is -0.137. The number of aliphatic carboxylic acids is 1. The number of carboxylic acids is 1. The molecule has 0 fully saturated rings. The molecule has 0 aliphatic rings. The third-order valence-electron chi connectivity index (χ3n) is 3.13. The average molecular weight is 290 g/mol. The summed E-state index contributed by atoms with van der Waals surface area (Å²) in [5, 5.41) is 11.6. The van der Waals surface area contributed by atoms with E-state index in [0.717, 1.165) is 0 Å². The number of carbonyl (C=O) groups is 2. The molecule has 0 saturated carbocycles. The first-order chi connectivity index (χ1) is 9.97. The summed E-state index contributed by atoms with van der Waals surface area (Å²) in [6.45, 7) is 0. The average Bonchev–Trinajstić information content (AvgIpc) is 2.84. The highest BCUT2D eigenvalue weighted by Gasteiger charge is 2.20. The molecule has 0 bridgehead atoms. The van der Waals surface area contributed by atoms with Crippen molar-refractivity contribution in [1.82, 2.24) is 9.88 Å². The van der Waals surface area contributed by atoms with E-state index in [9.17, 15) is 14.0 Å². The van der Waals surface area contributed by atoms with E-state index >= 15 is 0 Å². The zero-order valence-electron chi connectivity index (χ0n) is 11.4. The molecule has 0 aliphatic heterocycles. The minimum Gasteiger partial charge on any atom is -0.481 e. The minimum atomic E-state index is -1.04. The number of nitrogens with one attached hydrogen (secondary N) is 1. The highest BCUT2D eigenvalue weighted by molar-refractivity contribution is 5.93. The van der Waals surface area contributed by atoms with Crippen LogP contribution in [0, 0.1) is 5.82 Å². The van der Waals surface area contributed by atoms with Gasteiger partial charge in [0.25, 0.3) is 5.91 Å². The Bertz CT molecular complexity index is 649.